The molecule has 0 atom stereocenters. The summed E-state index contributed by atoms with van der Waals surface area (Å²) in [5.74, 6) is -1.88. The highest BCUT2D eigenvalue weighted by Crippen LogP contribution is 2.42. The van der Waals surface area contributed by atoms with E-state index in [-0.39, 0.29) is 27.9 Å². The van der Waals surface area contributed by atoms with Crippen molar-refractivity contribution in [1.29, 1.82) is 0 Å². The molecule has 0 aliphatic carbocycles. The molecule has 0 unspecified atom stereocenters. The Kier molecular flexibility index (Phi) is 7.14. The number of carbonyl (C=O) groups is 1. The van der Waals surface area contributed by atoms with E-state index in [1.54, 1.807) is 0 Å². The van der Waals surface area contributed by atoms with Crippen LogP contribution in [0, 0.1) is 0 Å². The Labute approximate surface area is 215 Å². The summed E-state index contributed by atoms with van der Waals surface area (Å²) in [6.07, 6.45) is -9.42. The number of benzene rings is 3. The number of nitrogens with zero attached hydrogens (tertiary/aromatic N) is 3. The largest absolute Gasteiger partial charge is 0.422 e. The summed E-state index contributed by atoms with van der Waals surface area (Å²) in [6, 6.07) is 11.9. The van der Waals surface area contributed by atoms with Crippen LogP contribution in [0.15, 0.2) is 66.7 Å². The van der Waals surface area contributed by atoms with Crippen LogP contribution in [0.25, 0.3) is 11.4 Å². The lowest BCUT2D eigenvalue weighted by Crippen LogP contribution is -2.10. The summed E-state index contributed by atoms with van der Waals surface area (Å²) in [5, 5.41) is 2.39. The van der Waals surface area contributed by atoms with Gasteiger partial charge in [-0.25, -0.2) is 0 Å². The van der Waals surface area contributed by atoms with Crippen molar-refractivity contribution in [1.82, 2.24) is 15.0 Å². The second kappa shape index (κ2) is 10.2. The van der Waals surface area contributed by atoms with Gasteiger partial charge in [-0.2, -0.15) is 41.3 Å². The van der Waals surface area contributed by atoms with Crippen LogP contribution in [-0.2, 0) is 12.4 Å². The maximum atomic E-state index is 13.5. The number of hydrogen-bond donors (Lipinski definition) is 2. The van der Waals surface area contributed by atoms with Crippen molar-refractivity contribution in [2.75, 3.05) is 5.32 Å². The number of para-hydroxylation sites is 1. The van der Waals surface area contributed by atoms with Crippen LogP contribution < -0.4 is 15.8 Å². The third kappa shape index (κ3) is 6.11. The fourth-order valence-corrected chi connectivity index (χ4v) is 3.38. The van der Waals surface area contributed by atoms with E-state index in [1.807, 2.05) is 0 Å². The Bertz CT molecular complexity index is 1480. The lowest BCUT2D eigenvalue weighted by Gasteiger charge is -2.15. The first-order valence-corrected chi connectivity index (χ1v) is 10.8. The Morgan fingerprint density at radius 2 is 1.50 bits per heavy atom. The van der Waals surface area contributed by atoms with Crippen molar-refractivity contribution < 1.29 is 35.9 Å². The predicted molar refractivity (Wildman–Crippen MR) is 125 cm³/mol. The molecule has 1 aromatic heterocycles. The van der Waals surface area contributed by atoms with Crippen molar-refractivity contribution in [2.24, 2.45) is 5.73 Å². The van der Waals surface area contributed by atoms with Crippen molar-refractivity contribution in [3.05, 3.63) is 88.4 Å². The number of alkyl halides is 6. The standard InChI is InChI=1S/C24H14ClF6N5O2/c25-17-3-1-2-16(24(29,30)31)18(17)38-22-35-20(13-4-8-14(9-5-13)23(26,27)28)34-21(36-22)33-15-10-6-12(7-11-15)19(32)37/h1-11H,(H2,32,37)(H,33,34,35,36). The normalized spacial score (nSPS) is 11.8. The number of carbonyl (C=O) groups excluding carboxylic acids is 1. The van der Waals surface area contributed by atoms with Gasteiger partial charge in [-0.05, 0) is 48.5 Å². The predicted octanol–water partition coefficient (Wildman–Crippen LogP) is 6.86. The van der Waals surface area contributed by atoms with Gasteiger partial charge in [0.2, 0.25) is 11.9 Å². The number of ether oxygens (including phenoxy) is 1. The van der Waals surface area contributed by atoms with Gasteiger partial charge in [-0.3, -0.25) is 4.79 Å². The number of rotatable bonds is 6. The minimum absolute atomic E-state index is 0.0904. The Morgan fingerprint density at radius 3 is 2.08 bits per heavy atom. The second-order valence-electron chi connectivity index (χ2n) is 7.62. The summed E-state index contributed by atoms with van der Waals surface area (Å²) in [6.45, 7) is 0. The zero-order valence-electron chi connectivity index (χ0n) is 18.7. The highest BCUT2D eigenvalue weighted by atomic mass is 35.5. The molecule has 4 aromatic rings. The number of nitrogens with two attached hydrogens (primary N) is 1. The van der Waals surface area contributed by atoms with E-state index in [9.17, 15) is 31.1 Å². The molecule has 14 heteroatoms. The molecule has 0 saturated heterocycles. The molecule has 3 aromatic carbocycles. The second-order valence-corrected chi connectivity index (χ2v) is 8.03. The van der Waals surface area contributed by atoms with Gasteiger partial charge in [-0.15, -0.1) is 0 Å². The fraction of sp³-hybridized carbons (Fsp3) is 0.0833. The van der Waals surface area contributed by atoms with Crippen molar-refractivity contribution >= 4 is 29.1 Å². The molecule has 38 heavy (non-hydrogen) atoms. The molecule has 0 aliphatic heterocycles. The first-order chi connectivity index (χ1) is 17.8. The highest BCUT2D eigenvalue weighted by molar-refractivity contribution is 6.32. The molecule has 0 radical (unpaired) electrons. The summed E-state index contributed by atoms with van der Waals surface area (Å²) in [5.41, 5.74) is 3.74. The van der Waals surface area contributed by atoms with E-state index < -0.39 is 41.1 Å². The van der Waals surface area contributed by atoms with E-state index in [2.05, 4.69) is 20.3 Å². The quantitative estimate of drug-likeness (QED) is 0.253. The minimum Gasteiger partial charge on any atom is -0.422 e. The lowest BCUT2D eigenvalue weighted by atomic mass is 10.1. The van der Waals surface area contributed by atoms with Gasteiger partial charge in [0, 0.05) is 16.8 Å². The Morgan fingerprint density at radius 1 is 0.842 bits per heavy atom. The van der Waals surface area contributed by atoms with Gasteiger partial charge < -0.3 is 15.8 Å². The van der Waals surface area contributed by atoms with E-state index in [0.29, 0.717) is 5.69 Å². The van der Waals surface area contributed by atoms with Crippen LogP contribution in [-0.4, -0.2) is 20.9 Å². The molecule has 3 N–H and O–H groups in total. The number of anilines is 2. The van der Waals surface area contributed by atoms with Crippen LogP contribution in [0.2, 0.25) is 5.02 Å². The van der Waals surface area contributed by atoms with Gasteiger partial charge in [0.15, 0.2) is 11.6 Å². The van der Waals surface area contributed by atoms with E-state index >= 15 is 0 Å². The number of hydrogen-bond acceptors (Lipinski definition) is 6. The molecule has 4 rings (SSSR count). The molecule has 0 fully saturated rings. The lowest BCUT2D eigenvalue weighted by molar-refractivity contribution is -0.139. The van der Waals surface area contributed by atoms with E-state index in [4.69, 9.17) is 22.1 Å². The maximum Gasteiger partial charge on any atom is 0.420 e. The molecule has 1 amide bonds. The molecule has 1 heterocycles. The number of primary amides is 1. The first-order valence-electron chi connectivity index (χ1n) is 10.5. The van der Waals surface area contributed by atoms with Gasteiger partial charge in [0.25, 0.3) is 0 Å². The Balaban J connectivity index is 1.77. The van der Waals surface area contributed by atoms with Crippen molar-refractivity contribution in [3.63, 3.8) is 0 Å². The van der Waals surface area contributed by atoms with E-state index in [0.717, 1.165) is 36.4 Å². The van der Waals surface area contributed by atoms with Crippen molar-refractivity contribution in [2.45, 2.75) is 12.4 Å². The summed E-state index contributed by atoms with van der Waals surface area (Å²) >= 11 is 5.96. The van der Waals surface area contributed by atoms with Crippen LogP contribution in [0.1, 0.15) is 21.5 Å². The van der Waals surface area contributed by atoms with Gasteiger partial charge in [-0.1, -0.05) is 29.8 Å². The molecule has 7 nitrogen and oxygen atoms in total. The average molecular weight is 554 g/mol. The molecular formula is C24H14ClF6N5O2. The van der Waals surface area contributed by atoms with E-state index in [1.165, 1.54) is 30.3 Å². The zero-order chi connectivity index (χ0) is 27.7. The summed E-state index contributed by atoms with van der Waals surface area (Å²) in [4.78, 5) is 23.4. The van der Waals surface area contributed by atoms with Crippen LogP contribution in [0.3, 0.4) is 0 Å². The van der Waals surface area contributed by atoms with Crippen LogP contribution in [0.5, 0.6) is 11.8 Å². The average Bonchev–Trinajstić information content (AvgIpc) is 2.84. The fourth-order valence-electron chi connectivity index (χ4n) is 3.17. The SMILES string of the molecule is NC(=O)c1ccc(Nc2nc(Oc3c(Cl)cccc3C(F)(F)F)nc(-c3ccc(C(F)(F)F)cc3)n2)cc1. The smallest absolute Gasteiger partial charge is 0.420 e. The van der Waals surface area contributed by atoms with Gasteiger partial charge >= 0.3 is 18.4 Å². The maximum absolute atomic E-state index is 13.5. The molecular weight excluding hydrogens is 540 g/mol. The Hall–Kier alpha value is -4.39. The van der Waals surface area contributed by atoms with Gasteiger partial charge in [0.05, 0.1) is 16.1 Å². The first kappa shape index (κ1) is 26.7. The number of aromatic nitrogens is 3. The third-order valence-corrected chi connectivity index (χ3v) is 5.27. The highest BCUT2D eigenvalue weighted by Gasteiger charge is 2.36. The molecule has 0 spiro atoms. The zero-order valence-corrected chi connectivity index (χ0v) is 19.5. The number of nitrogens with one attached hydrogen (secondary N) is 1. The van der Waals surface area contributed by atoms with Crippen LogP contribution in [0.4, 0.5) is 38.0 Å². The van der Waals surface area contributed by atoms with Gasteiger partial charge in [0.1, 0.15) is 0 Å². The van der Waals surface area contributed by atoms with Crippen LogP contribution >= 0.6 is 11.6 Å². The minimum atomic E-state index is -4.83. The molecule has 196 valence electrons. The number of amides is 1. The topological polar surface area (TPSA) is 103 Å². The van der Waals surface area contributed by atoms with Crippen molar-refractivity contribution in [3.8, 4) is 23.1 Å². The summed E-state index contributed by atoms with van der Waals surface area (Å²) < 4.78 is 84.9. The molecule has 0 bridgehead atoms. The number of halogens is 7. The molecule has 0 aliphatic rings. The monoisotopic (exact) mass is 553 g/mol. The molecule has 0 saturated carbocycles. The third-order valence-electron chi connectivity index (χ3n) is 4.98. The summed E-state index contributed by atoms with van der Waals surface area (Å²) in [7, 11) is 0.